The first-order valence-electron chi connectivity index (χ1n) is 9.59. The molecule has 1 fully saturated rings. The number of ether oxygens (including phenoxy) is 1. The molecule has 146 valence electrons. The second kappa shape index (κ2) is 8.24. The summed E-state index contributed by atoms with van der Waals surface area (Å²) in [6.45, 7) is 7.37. The number of carbonyl (C=O) groups excluding carboxylic acids is 1. The summed E-state index contributed by atoms with van der Waals surface area (Å²) in [5.74, 6) is 1.10. The number of piperazine rings is 1. The Kier molecular flexibility index (Phi) is 5.54. The number of rotatable bonds is 6. The minimum absolute atomic E-state index is 0.315. The number of carbonyl (C=O) groups is 1. The Hall–Kier alpha value is -2.51. The molecule has 1 saturated heterocycles. The summed E-state index contributed by atoms with van der Waals surface area (Å²) in [5, 5.41) is 0.643. The number of nitrogens with zero attached hydrogens (tertiary/aromatic N) is 3. The van der Waals surface area contributed by atoms with Crippen molar-refractivity contribution in [2.75, 3.05) is 37.6 Å². The minimum atomic E-state index is -0.315. The van der Waals surface area contributed by atoms with Crippen molar-refractivity contribution in [2.45, 2.75) is 13.3 Å². The summed E-state index contributed by atoms with van der Waals surface area (Å²) < 4.78 is 6.06. The van der Waals surface area contributed by atoms with E-state index in [-0.39, 0.29) is 5.12 Å². The van der Waals surface area contributed by atoms with Gasteiger partial charge in [-0.05, 0) is 37.2 Å². The van der Waals surface area contributed by atoms with E-state index in [0.717, 1.165) is 49.4 Å². The average Bonchev–Trinajstić information content (AvgIpc) is 3.16. The van der Waals surface area contributed by atoms with Gasteiger partial charge in [0.25, 0.3) is 0 Å². The highest BCUT2D eigenvalue weighted by atomic mass is 32.1. The van der Waals surface area contributed by atoms with E-state index in [0.29, 0.717) is 17.1 Å². The topological polar surface area (TPSA) is 61.5 Å². The zero-order valence-corrected chi connectivity index (χ0v) is 16.8. The molecule has 6 nitrogen and oxygen atoms in total. The summed E-state index contributed by atoms with van der Waals surface area (Å²) in [7, 11) is 0. The molecule has 1 N–H and O–H groups in total. The molecule has 0 radical (unpaired) electrons. The van der Waals surface area contributed by atoms with Crippen LogP contribution in [0.3, 0.4) is 0 Å². The van der Waals surface area contributed by atoms with Crippen LogP contribution in [0.5, 0.6) is 11.5 Å². The van der Waals surface area contributed by atoms with Crippen LogP contribution in [0.2, 0.25) is 0 Å². The van der Waals surface area contributed by atoms with Gasteiger partial charge in [0.1, 0.15) is 17.1 Å². The van der Waals surface area contributed by atoms with E-state index in [2.05, 4.69) is 39.3 Å². The van der Waals surface area contributed by atoms with Crippen LogP contribution in [0.15, 0.2) is 42.7 Å². The molecule has 0 bridgehead atoms. The summed E-state index contributed by atoms with van der Waals surface area (Å²) in [5.41, 5.74) is 2.31. The Morgan fingerprint density at radius 3 is 2.79 bits per heavy atom. The standard InChI is InChI=1S/C21H24N4O2S/c1-2-7-24-8-10-25(11-9-24)16-3-4-18(21(26)28)19(13-16)27-17-12-15-5-6-22-20(15)23-14-17/h3-6,12-14H,2,7-11H2,1H3,(H,22,23)(H,26,28). The van der Waals surface area contributed by atoms with Gasteiger partial charge >= 0.3 is 0 Å². The predicted molar refractivity (Wildman–Crippen MR) is 115 cm³/mol. The molecule has 3 heterocycles. The Morgan fingerprint density at radius 1 is 1.21 bits per heavy atom. The molecule has 0 unspecified atom stereocenters. The molecule has 1 aromatic carbocycles. The van der Waals surface area contributed by atoms with E-state index in [4.69, 9.17) is 4.74 Å². The maximum Gasteiger partial charge on any atom is 0.220 e. The average molecular weight is 397 g/mol. The fourth-order valence-electron chi connectivity index (χ4n) is 3.62. The number of H-pyrrole nitrogens is 1. The maximum absolute atomic E-state index is 12.0. The van der Waals surface area contributed by atoms with Crippen LogP contribution in [0.25, 0.3) is 11.0 Å². The predicted octanol–water partition coefficient (Wildman–Crippen LogP) is 3.96. The lowest BCUT2D eigenvalue weighted by atomic mass is 10.1. The van der Waals surface area contributed by atoms with Crippen LogP contribution in [-0.2, 0) is 0 Å². The van der Waals surface area contributed by atoms with Gasteiger partial charge in [-0.1, -0.05) is 6.92 Å². The Balaban J connectivity index is 1.58. The van der Waals surface area contributed by atoms with Crippen molar-refractivity contribution in [3.05, 3.63) is 48.3 Å². The van der Waals surface area contributed by atoms with Gasteiger partial charge in [0, 0.05) is 49.5 Å². The Bertz CT molecular complexity index is 979. The number of anilines is 1. The zero-order chi connectivity index (χ0) is 19.5. The highest BCUT2D eigenvalue weighted by Gasteiger charge is 2.19. The van der Waals surface area contributed by atoms with Crippen molar-refractivity contribution in [2.24, 2.45) is 0 Å². The van der Waals surface area contributed by atoms with Crippen molar-refractivity contribution in [3.63, 3.8) is 0 Å². The second-order valence-electron chi connectivity index (χ2n) is 7.00. The smallest absolute Gasteiger partial charge is 0.220 e. The van der Waals surface area contributed by atoms with Gasteiger partial charge in [0.15, 0.2) is 0 Å². The maximum atomic E-state index is 12.0. The highest BCUT2D eigenvalue weighted by Crippen LogP contribution is 2.32. The highest BCUT2D eigenvalue weighted by molar-refractivity contribution is 7.97. The zero-order valence-electron chi connectivity index (χ0n) is 15.9. The summed E-state index contributed by atoms with van der Waals surface area (Å²) >= 11 is 4.01. The molecule has 0 atom stereocenters. The summed E-state index contributed by atoms with van der Waals surface area (Å²) in [4.78, 5) is 24.2. The van der Waals surface area contributed by atoms with Crippen molar-refractivity contribution >= 4 is 34.5 Å². The lowest BCUT2D eigenvalue weighted by Crippen LogP contribution is -2.46. The molecule has 0 aliphatic carbocycles. The number of fused-ring (bicyclic) bond motifs is 1. The summed E-state index contributed by atoms with van der Waals surface area (Å²) in [6.07, 6.45) is 4.67. The third kappa shape index (κ3) is 4.00. The van der Waals surface area contributed by atoms with Crippen LogP contribution in [-0.4, -0.2) is 52.7 Å². The Labute approximate surface area is 169 Å². The number of thiol groups is 1. The van der Waals surface area contributed by atoms with Crippen molar-refractivity contribution in [1.82, 2.24) is 14.9 Å². The number of benzene rings is 1. The van der Waals surface area contributed by atoms with E-state index >= 15 is 0 Å². The molecule has 1 aliphatic rings. The first-order chi connectivity index (χ1) is 13.6. The molecule has 4 rings (SSSR count). The van der Waals surface area contributed by atoms with E-state index in [9.17, 15) is 4.79 Å². The van der Waals surface area contributed by atoms with Crippen LogP contribution < -0.4 is 9.64 Å². The first-order valence-corrected chi connectivity index (χ1v) is 10.0. The lowest BCUT2D eigenvalue weighted by Gasteiger charge is -2.36. The molecule has 28 heavy (non-hydrogen) atoms. The quantitative estimate of drug-likeness (QED) is 0.618. The van der Waals surface area contributed by atoms with Gasteiger partial charge < -0.3 is 14.6 Å². The number of hydrogen-bond acceptors (Lipinski definition) is 5. The first kappa shape index (κ1) is 18.8. The van der Waals surface area contributed by atoms with E-state index < -0.39 is 0 Å². The van der Waals surface area contributed by atoms with Crippen molar-refractivity contribution in [1.29, 1.82) is 0 Å². The fraction of sp³-hybridized carbons (Fsp3) is 0.333. The number of aromatic amines is 1. The SMILES string of the molecule is CCCN1CCN(c2ccc(C(=O)S)c(Oc3cnc4[nH]ccc4c3)c2)CC1. The molecule has 0 spiro atoms. The third-order valence-electron chi connectivity index (χ3n) is 5.08. The van der Waals surface area contributed by atoms with Gasteiger partial charge in [-0.3, -0.25) is 9.69 Å². The molecular weight excluding hydrogens is 372 g/mol. The summed E-state index contributed by atoms with van der Waals surface area (Å²) in [6, 6.07) is 9.54. The van der Waals surface area contributed by atoms with Gasteiger partial charge in [-0.2, -0.15) is 0 Å². The largest absolute Gasteiger partial charge is 0.455 e. The van der Waals surface area contributed by atoms with Crippen LogP contribution in [0.4, 0.5) is 5.69 Å². The number of nitrogens with one attached hydrogen (secondary N) is 1. The van der Waals surface area contributed by atoms with E-state index in [1.54, 1.807) is 12.3 Å². The number of aromatic nitrogens is 2. The van der Waals surface area contributed by atoms with Crippen molar-refractivity contribution in [3.8, 4) is 11.5 Å². The van der Waals surface area contributed by atoms with Gasteiger partial charge in [0.05, 0.1) is 11.8 Å². The normalized spacial score (nSPS) is 15.1. The van der Waals surface area contributed by atoms with Crippen LogP contribution >= 0.6 is 12.6 Å². The molecule has 0 saturated carbocycles. The number of hydrogen-bond donors (Lipinski definition) is 2. The molecule has 7 heteroatoms. The monoisotopic (exact) mass is 396 g/mol. The minimum Gasteiger partial charge on any atom is -0.455 e. The molecule has 1 aliphatic heterocycles. The molecule has 3 aromatic rings. The van der Waals surface area contributed by atoms with Gasteiger partial charge in [-0.25, -0.2) is 4.98 Å². The second-order valence-corrected chi connectivity index (χ2v) is 7.41. The lowest BCUT2D eigenvalue weighted by molar-refractivity contribution is 0.108. The third-order valence-corrected chi connectivity index (χ3v) is 5.32. The van der Waals surface area contributed by atoms with Crippen LogP contribution in [0.1, 0.15) is 23.7 Å². The fourth-order valence-corrected chi connectivity index (χ4v) is 3.80. The van der Waals surface area contributed by atoms with Crippen molar-refractivity contribution < 1.29 is 9.53 Å². The molecular formula is C21H24N4O2S. The number of pyridine rings is 1. The molecule has 2 aromatic heterocycles. The van der Waals surface area contributed by atoms with E-state index in [1.807, 2.05) is 30.5 Å². The van der Waals surface area contributed by atoms with Crippen LogP contribution in [0, 0.1) is 0 Å². The van der Waals surface area contributed by atoms with E-state index in [1.165, 1.54) is 6.42 Å². The van der Waals surface area contributed by atoms with Gasteiger partial charge in [0.2, 0.25) is 5.12 Å². The molecule has 0 amide bonds. The Morgan fingerprint density at radius 2 is 2.04 bits per heavy atom. The van der Waals surface area contributed by atoms with Gasteiger partial charge in [-0.15, -0.1) is 12.6 Å².